The first-order chi connectivity index (χ1) is 11.2. The zero-order valence-electron chi connectivity index (χ0n) is 13.4. The molecule has 0 radical (unpaired) electrons. The molecule has 0 amide bonds. The van der Waals surface area contributed by atoms with Crippen LogP contribution in [0.2, 0.25) is 0 Å². The van der Waals surface area contributed by atoms with Gasteiger partial charge in [0.2, 0.25) is 0 Å². The molecule has 0 unspecified atom stereocenters. The molecule has 3 aromatic rings. The minimum Gasteiger partial charge on any atom is -0.349 e. The number of nitrogens with zero attached hydrogens (tertiary/aromatic N) is 4. The van der Waals surface area contributed by atoms with Gasteiger partial charge in [-0.1, -0.05) is 19.3 Å². The van der Waals surface area contributed by atoms with E-state index in [1.807, 2.05) is 12.4 Å². The van der Waals surface area contributed by atoms with Crippen LogP contribution in [-0.2, 0) is 13.6 Å². The van der Waals surface area contributed by atoms with Crippen LogP contribution in [-0.4, -0.2) is 19.3 Å². The number of rotatable bonds is 3. The molecule has 4 nitrogen and oxygen atoms in total. The molecule has 1 fully saturated rings. The molecule has 0 aromatic carbocycles. The van der Waals surface area contributed by atoms with Gasteiger partial charge in [0.05, 0.1) is 17.9 Å². The fraction of sp³-hybridized carbons (Fsp3) is 0.444. The second kappa shape index (κ2) is 6.11. The molecule has 0 spiro atoms. The summed E-state index contributed by atoms with van der Waals surface area (Å²) in [5.74, 6) is 0.794. The third kappa shape index (κ3) is 2.94. The summed E-state index contributed by atoms with van der Waals surface area (Å²) < 4.78 is 5.12. The number of halogens is 1. The van der Waals surface area contributed by atoms with Crippen molar-refractivity contribution in [3.05, 3.63) is 35.5 Å². The molecule has 0 saturated heterocycles. The Morgan fingerprint density at radius 2 is 2.00 bits per heavy atom. The lowest BCUT2D eigenvalue weighted by Gasteiger charge is -2.21. The van der Waals surface area contributed by atoms with Crippen LogP contribution in [0.4, 0.5) is 0 Å². The first-order valence-electron chi connectivity index (χ1n) is 8.34. The van der Waals surface area contributed by atoms with Gasteiger partial charge in [-0.15, -0.1) is 0 Å². The van der Waals surface area contributed by atoms with Gasteiger partial charge in [-0.3, -0.25) is 4.68 Å². The fourth-order valence-corrected chi connectivity index (χ4v) is 4.05. The third-order valence-electron chi connectivity index (χ3n) is 4.96. The summed E-state index contributed by atoms with van der Waals surface area (Å²) in [7, 11) is 2.06. The summed E-state index contributed by atoms with van der Waals surface area (Å²) >= 11 is 3.48. The maximum Gasteiger partial charge on any atom is 0.106 e. The Hall–Kier alpha value is -1.62. The Morgan fingerprint density at radius 3 is 2.83 bits per heavy atom. The quantitative estimate of drug-likeness (QED) is 0.620. The Kier molecular flexibility index (Phi) is 3.97. The second-order valence-electron chi connectivity index (χ2n) is 6.63. The summed E-state index contributed by atoms with van der Waals surface area (Å²) in [5.41, 5.74) is 3.55. The molecule has 3 aromatic heterocycles. The van der Waals surface area contributed by atoms with Crippen molar-refractivity contribution in [1.29, 1.82) is 0 Å². The Bertz CT molecular complexity index is 827. The molecule has 3 heterocycles. The Balaban J connectivity index is 1.65. The van der Waals surface area contributed by atoms with E-state index < -0.39 is 0 Å². The summed E-state index contributed by atoms with van der Waals surface area (Å²) in [4.78, 5) is 4.33. The average molecular weight is 373 g/mol. The molecule has 5 heteroatoms. The molecule has 1 aliphatic rings. The number of fused-ring (bicyclic) bond motifs is 1. The van der Waals surface area contributed by atoms with Crippen LogP contribution in [0.1, 0.15) is 32.1 Å². The number of hydrogen-bond acceptors (Lipinski definition) is 2. The molecule has 0 atom stereocenters. The highest BCUT2D eigenvalue weighted by atomic mass is 79.9. The van der Waals surface area contributed by atoms with E-state index in [0.717, 1.165) is 22.6 Å². The smallest absolute Gasteiger partial charge is 0.106 e. The number of pyridine rings is 1. The topological polar surface area (TPSA) is 35.6 Å². The SMILES string of the molecule is Cn1cc(-c2cnn(CC3CCCCC3)c2)c2cc(Br)ncc21. The van der Waals surface area contributed by atoms with Crippen LogP contribution in [0.25, 0.3) is 22.0 Å². The lowest BCUT2D eigenvalue weighted by molar-refractivity contribution is 0.308. The van der Waals surface area contributed by atoms with E-state index in [1.54, 1.807) is 0 Å². The Labute approximate surface area is 144 Å². The summed E-state index contributed by atoms with van der Waals surface area (Å²) in [5, 5.41) is 5.82. The molecule has 0 bridgehead atoms. The van der Waals surface area contributed by atoms with Crippen LogP contribution in [0, 0.1) is 5.92 Å². The summed E-state index contributed by atoms with van der Waals surface area (Å²) in [6.07, 6.45) is 15.1. The van der Waals surface area contributed by atoms with Gasteiger partial charge < -0.3 is 4.57 Å². The highest BCUT2D eigenvalue weighted by Crippen LogP contribution is 2.31. The van der Waals surface area contributed by atoms with E-state index in [9.17, 15) is 0 Å². The maximum absolute atomic E-state index is 4.61. The average Bonchev–Trinajstić information content (AvgIpc) is 3.13. The van der Waals surface area contributed by atoms with E-state index in [-0.39, 0.29) is 0 Å². The summed E-state index contributed by atoms with van der Waals surface area (Å²) in [6.45, 7) is 1.05. The van der Waals surface area contributed by atoms with E-state index >= 15 is 0 Å². The first kappa shape index (κ1) is 14.9. The van der Waals surface area contributed by atoms with Crippen molar-refractivity contribution in [2.75, 3.05) is 0 Å². The van der Waals surface area contributed by atoms with E-state index in [0.29, 0.717) is 0 Å². The highest BCUT2D eigenvalue weighted by molar-refractivity contribution is 9.10. The van der Waals surface area contributed by atoms with Gasteiger partial charge in [0.15, 0.2) is 0 Å². The minimum atomic E-state index is 0.794. The Morgan fingerprint density at radius 1 is 1.17 bits per heavy atom. The van der Waals surface area contributed by atoms with Gasteiger partial charge in [-0.25, -0.2) is 4.98 Å². The van der Waals surface area contributed by atoms with Crippen LogP contribution in [0.5, 0.6) is 0 Å². The van der Waals surface area contributed by atoms with Crippen molar-refractivity contribution in [2.45, 2.75) is 38.6 Å². The number of aromatic nitrogens is 4. The van der Waals surface area contributed by atoms with E-state index in [4.69, 9.17) is 0 Å². The lowest BCUT2D eigenvalue weighted by Crippen LogP contribution is -2.14. The first-order valence-corrected chi connectivity index (χ1v) is 9.13. The van der Waals surface area contributed by atoms with Crippen molar-refractivity contribution in [2.24, 2.45) is 13.0 Å². The van der Waals surface area contributed by atoms with Gasteiger partial charge in [0.25, 0.3) is 0 Å². The second-order valence-corrected chi connectivity index (χ2v) is 7.45. The van der Waals surface area contributed by atoms with Gasteiger partial charge in [0, 0.05) is 42.5 Å². The van der Waals surface area contributed by atoms with E-state index in [2.05, 4.69) is 60.8 Å². The summed E-state index contributed by atoms with van der Waals surface area (Å²) in [6, 6.07) is 2.09. The number of hydrogen-bond donors (Lipinski definition) is 0. The molecule has 0 N–H and O–H groups in total. The standard InChI is InChI=1S/C18H21BrN4/c1-22-12-16(15-7-18(19)20-9-17(15)22)14-8-21-23(11-14)10-13-5-3-2-4-6-13/h7-9,11-13H,2-6,10H2,1H3. The molecular weight excluding hydrogens is 352 g/mol. The van der Waals surface area contributed by atoms with Crippen molar-refractivity contribution in [1.82, 2.24) is 19.3 Å². The molecule has 1 aliphatic carbocycles. The van der Waals surface area contributed by atoms with Crippen molar-refractivity contribution < 1.29 is 0 Å². The van der Waals surface area contributed by atoms with Crippen molar-refractivity contribution in [3.63, 3.8) is 0 Å². The minimum absolute atomic E-state index is 0.794. The molecule has 4 rings (SSSR count). The third-order valence-corrected chi connectivity index (χ3v) is 5.39. The zero-order chi connectivity index (χ0) is 15.8. The van der Waals surface area contributed by atoms with Crippen LogP contribution >= 0.6 is 15.9 Å². The number of aryl methyl sites for hydroxylation is 1. The van der Waals surface area contributed by atoms with Crippen LogP contribution in [0.3, 0.4) is 0 Å². The largest absolute Gasteiger partial charge is 0.349 e. The predicted octanol–water partition coefficient (Wildman–Crippen LogP) is 4.78. The van der Waals surface area contributed by atoms with Crippen molar-refractivity contribution in [3.8, 4) is 11.1 Å². The monoisotopic (exact) mass is 372 g/mol. The molecule has 0 aliphatic heterocycles. The van der Waals surface area contributed by atoms with Gasteiger partial charge in [-0.2, -0.15) is 5.10 Å². The van der Waals surface area contributed by atoms with Crippen LogP contribution in [0.15, 0.2) is 35.5 Å². The zero-order valence-corrected chi connectivity index (χ0v) is 15.0. The lowest BCUT2D eigenvalue weighted by atomic mass is 9.89. The molecule has 23 heavy (non-hydrogen) atoms. The van der Waals surface area contributed by atoms with E-state index in [1.165, 1.54) is 48.6 Å². The normalized spacial score (nSPS) is 16.3. The molecule has 120 valence electrons. The molecule has 1 saturated carbocycles. The maximum atomic E-state index is 4.61. The molecular formula is C18H21BrN4. The fourth-order valence-electron chi connectivity index (χ4n) is 3.72. The van der Waals surface area contributed by atoms with Gasteiger partial charge in [0.1, 0.15) is 4.60 Å². The predicted molar refractivity (Wildman–Crippen MR) is 96.2 cm³/mol. The van der Waals surface area contributed by atoms with Crippen molar-refractivity contribution >= 4 is 26.8 Å². The van der Waals surface area contributed by atoms with Crippen LogP contribution < -0.4 is 0 Å². The van der Waals surface area contributed by atoms with Gasteiger partial charge in [-0.05, 0) is 40.8 Å². The van der Waals surface area contributed by atoms with Gasteiger partial charge >= 0.3 is 0 Å². The highest BCUT2D eigenvalue weighted by Gasteiger charge is 2.16.